The van der Waals surface area contributed by atoms with Crippen LogP contribution in [0.5, 0.6) is 5.75 Å². The van der Waals surface area contributed by atoms with Gasteiger partial charge < -0.3 is 19.7 Å². The number of piperidine rings is 1. The van der Waals surface area contributed by atoms with E-state index in [1.54, 1.807) is 12.1 Å². The molecule has 1 fully saturated rings. The van der Waals surface area contributed by atoms with E-state index in [2.05, 4.69) is 0 Å². The molecule has 1 saturated heterocycles. The average Bonchev–Trinajstić information content (AvgIpc) is 2.47. The Kier molecular flexibility index (Phi) is 5.79. The van der Waals surface area contributed by atoms with E-state index in [0.717, 1.165) is 0 Å². The number of aliphatic hydroxyl groups is 1. The molecule has 0 bridgehead atoms. The quantitative estimate of drug-likeness (QED) is 0.800. The van der Waals surface area contributed by atoms with Gasteiger partial charge in [-0.15, -0.1) is 0 Å². The number of carboxylic acids is 1. The fourth-order valence-corrected chi connectivity index (χ4v) is 2.54. The number of hydrogen-bond acceptors (Lipinski definition) is 5. The first-order valence-corrected chi connectivity index (χ1v) is 7.90. The van der Waals surface area contributed by atoms with Crippen molar-refractivity contribution in [2.75, 3.05) is 13.1 Å². The van der Waals surface area contributed by atoms with E-state index < -0.39 is 30.3 Å². The molecule has 1 aliphatic rings. The van der Waals surface area contributed by atoms with Gasteiger partial charge in [-0.2, -0.15) is 0 Å². The van der Waals surface area contributed by atoms with Crippen LogP contribution in [0.25, 0.3) is 0 Å². The number of carbonyl (C=O) groups is 1. The van der Waals surface area contributed by atoms with Gasteiger partial charge >= 0.3 is 5.97 Å². The SMILES string of the molecule is CC(C)(C)OC(O)N1CCC(Oc2ccccc2C(=O)O)C(F)C1. The highest BCUT2D eigenvalue weighted by atomic mass is 19.1. The average molecular weight is 341 g/mol. The third-order valence-electron chi connectivity index (χ3n) is 3.68. The van der Waals surface area contributed by atoms with Crippen LogP contribution in [0.3, 0.4) is 0 Å². The lowest BCUT2D eigenvalue weighted by atomic mass is 10.1. The highest BCUT2D eigenvalue weighted by molar-refractivity contribution is 5.90. The smallest absolute Gasteiger partial charge is 0.339 e. The van der Waals surface area contributed by atoms with Gasteiger partial charge in [0, 0.05) is 19.5 Å². The summed E-state index contributed by atoms with van der Waals surface area (Å²) in [6, 6.07) is 6.16. The standard InChI is InChI=1S/C17H24FNO5/c1-17(2,3)24-16(22)19-9-8-14(12(18)10-19)23-13-7-5-4-6-11(13)15(20)21/h4-7,12,14,16,22H,8-10H2,1-3H3,(H,20,21). The number of aliphatic hydroxyl groups excluding tert-OH is 1. The van der Waals surface area contributed by atoms with Gasteiger partial charge in [0.25, 0.3) is 0 Å². The van der Waals surface area contributed by atoms with Crippen molar-refractivity contribution in [1.82, 2.24) is 4.90 Å². The monoisotopic (exact) mass is 341 g/mol. The van der Waals surface area contributed by atoms with Crippen molar-refractivity contribution >= 4 is 5.97 Å². The predicted molar refractivity (Wildman–Crippen MR) is 85.7 cm³/mol. The number of ether oxygens (including phenoxy) is 2. The normalized spacial score (nSPS) is 23.7. The summed E-state index contributed by atoms with van der Waals surface area (Å²) >= 11 is 0. The molecule has 0 aliphatic carbocycles. The Morgan fingerprint density at radius 2 is 2.04 bits per heavy atom. The predicted octanol–water partition coefficient (Wildman–Crippen LogP) is 2.27. The van der Waals surface area contributed by atoms with Gasteiger partial charge in [0.1, 0.15) is 23.6 Å². The maximum atomic E-state index is 14.4. The molecule has 2 rings (SSSR count). The van der Waals surface area contributed by atoms with E-state index in [4.69, 9.17) is 14.6 Å². The number of hydrogen-bond donors (Lipinski definition) is 2. The fraction of sp³-hybridized carbons (Fsp3) is 0.588. The lowest BCUT2D eigenvalue weighted by Gasteiger charge is -2.38. The first-order chi connectivity index (χ1) is 11.2. The molecule has 2 N–H and O–H groups in total. The number of para-hydroxylation sites is 1. The van der Waals surface area contributed by atoms with Gasteiger partial charge in [0.05, 0.1) is 5.60 Å². The van der Waals surface area contributed by atoms with Gasteiger partial charge in [0.15, 0.2) is 0 Å². The number of nitrogens with zero attached hydrogens (tertiary/aromatic N) is 1. The third-order valence-corrected chi connectivity index (χ3v) is 3.68. The van der Waals surface area contributed by atoms with Crippen LogP contribution in [0.4, 0.5) is 4.39 Å². The largest absolute Gasteiger partial charge is 0.486 e. The van der Waals surface area contributed by atoms with E-state index in [1.165, 1.54) is 17.0 Å². The molecular formula is C17H24FNO5. The number of halogens is 1. The molecule has 0 saturated carbocycles. The van der Waals surface area contributed by atoms with Crippen LogP contribution in [0.2, 0.25) is 0 Å². The van der Waals surface area contributed by atoms with Crippen molar-refractivity contribution in [2.45, 2.75) is 51.5 Å². The summed E-state index contributed by atoms with van der Waals surface area (Å²) in [5.74, 6) is -0.968. The number of likely N-dealkylation sites (tertiary alicyclic amines) is 1. The maximum absolute atomic E-state index is 14.4. The molecular weight excluding hydrogens is 317 g/mol. The summed E-state index contributed by atoms with van der Waals surface area (Å²) in [5.41, 5.74) is -0.540. The number of alkyl halides is 1. The molecule has 0 aromatic heterocycles. The van der Waals surface area contributed by atoms with Crippen LogP contribution in [-0.4, -0.2) is 58.5 Å². The first-order valence-electron chi connectivity index (χ1n) is 7.90. The minimum absolute atomic E-state index is 0.00299. The molecule has 3 atom stereocenters. The Hall–Kier alpha value is -1.70. The minimum Gasteiger partial charge on any atom is -0.486 e. The molecule has 0 radical (unpaired) electrons. The Morgan fingerprint density at radius 3 is 2.62 bits per heavy atom. The molecule has 1 heterocycles. The molecule has 0 amide bonds. The van der Waals surface area contributed by atoms with Crippen molar-refractivity contribution in [2.24, 2.45) is 0 Å². The fourth-order valence-electron chi connectivity index (χ4n) is 2.54. The molecule has 24 heavy (non-hydrogen) atoms. The lowest BCUT2D eigenvalue weighted by Crippen LogP contribution is -2.52. The Bertz CT molecular complexity index is 574. The van der Waals surface area contributed by atoms with Crippen LogP contribution < -0.4 is 4.74 Å². The van der Waals surface area contributed by atoms with Gasteiger partial charge in [-0.05, 0) is 32.9 Å². The molecule has 1 aromatic rings. The number of carboxylic acid groups (broad SMARTS) is 1. The van der Waals surface area contributed by atoms with Crippen molar-refractivity contribution < 1.29 is 28.9 Å². The Morgan fingerprint density at radius 1 is 1.38 bits per heavy atom. The topological polar surface area (TPSA) is 79.2 Å². The highest BCUT2D eigenvalue weighted by Crippen LogP contribution is 2.26. The van der Waals surface area contributed by atoms with Gasteiger partial charge in [0.2, 0.25) is 6.41 Å². The zero-order valence-corrected chi connectivity index (χ0v) is 14.1. The van der Waals surface area contributed by atoms with E-state index >= 15 is 0 Å². The zero-order chi connectivity index (χ0) is 17.9. The summed E-state index contributed by atoms with van der Waals surface area (Å²) in [7, 11) is 0. The lowest BCUT2D eigenvalue weighted by molar-refractivity contribution is -0.248. The van der Waals surface area contributed by atoms with Crippen LogP contribution in [0, 0.1) is 0 Å². The molecule has 1 aliphatic heterocycles. The van der Waals surface area contributed by atoms with Gasteiger partial charge in [-0.3, -0.25) is 4.90 Å². The second kappa shape index (κ2) is 7.46. The number of rotatable bonds is 5. The van der Waals surface area contributed by atoms with Crippen molar-refractivity contribution in [1.29, 1.82) is 0 Å². The van der Waals surface area contributed by atoms with Crippen molar-refractivity contribution in [3.63, 3.8) is 0 Å². The second-order valence-electron chi connectivity index (χ2n) is 6.81. The summed E-state index contributed by atoms with van der Waals surface area (Å²) < 4.78 is 25.4. The second-order valence-corrected chi connectivity index (χ2v) is 6.81. The maximum Gasteiger partial charge on any atom is 0.339 e. The zero-order valence-electron chi connectivity index (χ0n) is 14.1. The van der Waals surface area contributed by atoms with E-state index in [1.807, 2.05) is 20.8 Å². The van der Waals surface area contributed by atoms with Crippen LogP contribution in [0.1, 0.15) is 37.6 Å². The molecule has 7 heteroatoms. The Balaban J connectivity index is 1.98. The summed E-state index contributed by atoms with van der Waals surface area (Å²) in [4.78, 5) is 12.7. The van der Waals surface area contributed by atoms with E-state index in [-0.39, 0.29) is 17.9 Å². The van der Waals surface area contributed by atoms with Crippen molar-refractivity contribution in [3.8, 4) is 5.75 Å². The number of benzene rings is 1. The van der Waals surface area contributed by atoms with Crippen LogP contribution in [0.15, 0.2) is 24.3 Å². The molecule has 3 unspecified atom stereocenters. The Labute approximate surface area is 140 Å². The van der Waals surface area contributed by atoms with Crippen LogP contribution >= 0.6 is 0 Å². The van der Waals surface area contributed by atoms with E-state index in [0.29, 0.717) is 13.0 Å². The molecule has 134 valence electrons. The minimum atomic E-state index is -1.36. The van der Waals surface area contributed by atoms with Gasteiger partial charge in [-0.1, -0.05) is 12.1 Å². The number of aromatic carboxylic acids is 1. The molecule has 6 nitrogen and oxygen atoms in total. The highest BCUT2D eigenvalue weighted by Gasteiger charge is 2.35. The van der Waals surface area contributed by atoms with Crippen LogP contribution in [-0.2, 0) is 4.74 Å². The molecule has 1 aromatic carbocycles. The summed E-state index contributed by atoms with van der Waals surface area (Å²) in [6.45, 7) is 5.76. The third kappa shape index (κ3) is 4.90. The van der Waals surface area contributed by atoms with E-state index in [9.17, 15) is 14.3 Å². The molecule has 0 spiro atoms. The van der Waals surface area contributed by atoms with Gasteiger partial charge in [-0.25, -0.2) is 9.18 Å². The summed E-state index contributed by atoms with van der Waals surface area (Å²) in [6.07, 6.45) is -2.99. The van der Waals surface area contributed by atoms with Crippen molar-refractivity contribution in [3.05, 3.63) is 29.8 Å². The first kappa shape index (κ1) is 18.6. The summed E-state index contributed by atoms with van der Waals surface area (Å²) in [5, 5.41) is 19.2.